The van der Waals surface area contributed by atoms with Gasteiger partial charge in [-0.1, -0.05) is 131 Å². The number of pyridine rings is 1. The van der Waals surface area contributed by atoms with Crippen LogP contribution in [0.2, 0.25) is 0 Å². The van der Waals surface area contributed by atoms with E-state index in [1.165, 1.54) is 33.4 Å². The zero-order valence-electron chi connectivity index (χ0n) is 28.5. The fourth-order valence-corrected chi connectivity index (χ4v) is 7.57. The molecule has 0 aliphatic heterocycles. The van der Waals surface area contributed by atoms with Gasteiger partial charge in [-0.3, -0.25) is 4.98 Å². The van der Waals surface area contributed by atoms with Crippen LogP contribution in [0, 0.1) is 5.82 Å². The molecule has 0 N–H and O–H groups in total. The molecule has 2 aliphatic carbocycles. The predicted octanol–water partition coefficient (Wildman–Crippen LogP) is 11.8. The van der Waals surface area contributed by atoms with Crippen LogP contribution in [0.25, 0.3) is 34.4 Å². The van der Waals surface area contributed by atoms with Crippen molar-refractivity contribution in [2.24, 2.45) is 0 Å². The lowest BCUT2D eigenvalue weighted by atomic mass is 9.74. The van der Waals surface area contributed by atoms with Crippen molar-refractivity contribution in [3.63, 3.8) is 0 Å². The van der Waals surface area contributed by atoms with Gasteiger partial charge in [0.1, 0.15) is 5.82 Å². The Balaban J connectivity index is 1.37. The average molecular weight is 634 g/mol. The topological polar surface area (TPSA) is 22.1 Å². The van der Waals surface area contributed by atoms with E-state index in [1.807, 2.05) is 30.3 Å². The van der Waals surface area contributed by atoms with Gasteiger partial charge in [-0.2, -0.15) is 0 Å². The Hall–Kier alpha value is -4.60. The highest BCUT2D eigenvalue weighted by atomic mass is 19.1. The molecule has 48 heavy (non-hydrogen) atoms. The normalized spacial score (nSPS) is 15.2. The van der Waals surface area contributed by atoms with Crippen molar-refractivity contribution in [2.75, 3.05) is 0 Å². The quantitative estimate of drug-likeness (QED) is 0.161. The number of benzene rings is 4. The second-order valence-corrected chi connectivity index (χ2v) is 13.8. The lowest BCUT2D eigenvalue weighted by molar-refractivity contribution is 0.106. The summed E-state index contributed by atoms with van der Waals surface area (Å²) in [7, 11) is 0. The minimum atomic E-state index is -0.240. The summed E-state index contributed by atoms with van der Waals surface area (Å²) in [5.41, 5.74) is 15.9. The van der Waals surface area contributed by atoms with Crippen LogP contribution in [-0.4, -0.2) is 4.98 Å². The van der Waals surface area contributed by atoms with E-state index in [1.54, 1.807) is 12.1 Å². The maximum absolute atomic E-state index is 14.3. The lowest BCUT2D eigenvalue weighted by Gasteiger charge is -2.30. The van der Waals surface area contributed by atoms with Crippen molar-refractivity contribution in [3.05, 3.63) is 159 Å². The van der Waals surface area contributed by atoms with Crippen LogP contribution in [0.1, 0.15) is 102 Å². The van der Waals surface area contributed by atoms with Gasteiger partial charge >= 0.3 is 0 Å². The first kappa shape index (κ1) is 32.0. The molecule has 1 unspecified atom stereocenters. The number of ether oxygens (including phenoxy) is 1. The first-order valence-corrected chi connectivity index (χ1v) is 17.4. The Morgan fingerprint density at radius 3 is 2.31 bits per heavy atom. The molecule has 1 aromatic heterocycles. The molecule has 2 nitrogen and oxygen atoms in total. The summed E-state index contributed by atoms with van der Waals surface area (Å²) in [6, 6.07) is 30.7. The van der Waals surface area contributed by atoms with Gasteiger partial charge in [-0.05, 0) is 93.3 Å². The highest BCUT2D eigenvalue weighted by Gasteiger charge is 2.28. The summed E-state index contributed by atoms with van der Waals surface area (Å²) in [6.07, 6.45) is 12.4. The number of hydrogen-bond donors (Lipinski definition) is 0. The Kier molecular flexibility index (Phi) is 9.23. The van der Waals surface area contributed by atoms with Gasteiger partial charge in [0.15, 0.2) is 0 Å². The Morgan fingerprint density at radius 2 is 1.54 bits per heavy atom. The van der Waals surface area contributed by atoms with Gasteiger partial charge in [0.05, 0.1) is 18.9 Å². The van der Waals surface area contributed by atoms with Gasteiger partial charge in [0.2, 0.25) is 0 Å². The first-order chi connectivity index (χ1) is 23.4. The van der Waals surface area contributed by atoms with Crippen molar-refractivity contribution < 1.29 is 9.13 Å². The van der Waals surface area contributed by atoms with Gasteiger partial charge < -0.3 is 4.74 Å². The van der Waals surface area contributed by atoms with E-state index in [0.717, 1.165) is 58.5 Å². The minimum absolute atomic E-state index is 0.192. The molecule has 0 saturated carbocycles. The summed E-state index contributed by atoms with van der Waals surface area (Å²) < 4.78 is 20.8. The molecule has 1 atom stereocenters. The molecule has 0 radical (unpaired) electrons. The molecule has 4 aromatic carbocycles. The van der Waals surface area contributed by atoms with Crippen LogP contribution in [0.4, 0.5) is 4.39 Å². The van der Waals surface area contributed by atoms with Crippen LogP contribution >= 0.6 is 0 Å². The zero-order chi connectivity index (χ0) is 33.2. The van der Waals surface area contributed by atoms with Crippen LogP contribution in [0.3, 0.4) is 0 Å². The number of hydrogen-bond acceptors (Lipinski definition) is 2. The third-order valence-electron chi connectivity index (χ3n) is 9.88. The summed E-state index contributed by atoms with van der Waals surface area (Å²) >= 11 is 0. The van der Waals surface area contributed by atoms with Crippen molar-refractivity contribution >= 4 is 12.2 Å². The second-order valence-electron chi connectivity index (χ2n) is 13.8. The minimum Gasteiger partial charge on any atom is -0.372 e. The van der Waals surface area contributed by atoms with Crippen LogP contribution in [0.5, 0.6) is 0 Å². The lowest BCUT2D eigenvalue weighted by Crippen LogP contribution is -2.14. The molecule has 0 bridgehead atoms. The molecule has 1 heterocycles. The number of rotatable bonds is 9. The Morgan fingerprint density at radius 1 is 0.792 bits per heavy atom. The fraction of sp³-hybridized carbons (Fsp3) is 0.267. The van der Waals surface area contributed by atoms with Crippen molar-refractivity contribution in [1.29, 1.82) is 0 Å². The SMILES string of the molecule is CC(C)c1nc(C(C)C)c(COCc2ccccc2)c(-c2ccc(F)cc2)c1C=CC1Cc2c(ccc3c2CCC=C3)-c2ccccc21. The van der Waals surface area contributed by atoms with E-state index in [9.17, 15) is 4.39 Å². The largest absolute Gasteiger partial charge is 0.372 e. The van der Waals surface area contributed by atoms with Gasteiger partial charge in [-0.25, -0.2) is 4.39 Å². The van der Waals surface area contributed by atoms with Gasteiger partial charge in [0.25, 0.3) is 0 Å². The molecule has 0 amide bonds. The highest BCUT2D eigenvalue weighted by Crippen LogP contribution is 2.45. The molecular weight excluding hydrogens is 589 g/mol. The van der Waals surface area contributed by atoms with E-state index in [0.29, 0.717) is 13.2 Å². The second kappa shape index (κ2) is 13.9. The van der Waals surface area contributed by atoms with Gasteiger partial charge in [-0.15, -0.1) is 0 Å². The van der Waals surface area contributed by atoms with E-state index >= 15 is 0 Å². The van der Waals surface area contributed by atoms with Crippen LogP contribution < -0.4 is 0 Å². The predicted molar refractivity (Wildman–Crippen MR) is 197 cm³/mol. The summed E-state index contributed by atoms with van der Waals surface area (Å²) in [6.45, 7) is 9.76. The third kappa shape index (κ3) is 6.32. The Bertz CT molecular complexity index is 1980. The molecule has 0 fully saturated rings. The van der Waals surface area contributed by atoms with Crippen molar-refractivity contribution in [1.82, 2.24) is 4.98 Å². The molecule has 3 heteroatoms. The molecule has 0 saturated heterocycles. The first-order valence-electron chi connectivity index (χ1n) is 17.4. The molecule has 7 rings (SSSR count). The van der Waals surface area contributed by atoms with Gasteiger partial charge in [0, 0.05) is 22.7 Å². The Labute approximate surface area is 285 Å². The third-order valence-corrected chi connectivity index (χ3v) is 9.88. The van der Waals surface area contributed by atoms with Crippen molar-refractivity contribution in [3.8, 4) is 22.3 Å². The van der Waals surface area contributed by atoms with Crippen LogP contribution in [0.15, 0.2) is 103 Å². The van der Waals surface area contributed by atoms with E-state index in [-0.39, 0.29) is 23.6 Å². The van der Waals surface area contributed by atoms with Crippen molar-refractivity contribution in [2.45, 2.75) is 77.9 Å². The number of nitrogens with zero attached hydrogens (tertiary/aromatic N) is 1. The van der Waals surface area contributed by atoms with Crippen LogP contribution in [-0.2, 0) is 30.8 Å². The zero-order valence-corrected chi connectivity index (χ0v) is 28.5. The summed E-state index contributed by atoms with van der Waals surface area (Å²) in [5, 5.41) is 0. The number of fused-ring (bicyclic) bond motifs is 5. The molecular formula is C45H44FNO. The average Bonchev–Trinajstić information content (AvgIpc) is 3.11. The molecule has 5 aromatic rings. The van der Waals surface area contributed by atoms with E-state index in [2.05, 4.69) is 101 Å². The molecule has 0 spiro atoms. The summed E-state index contributed by atoms with van der Waals surface area (Å²) in [5.74, 6) is 0.362. The van der Waals surface area contributed by atoms with E-state index < -0.39 is 0 Å². The monoisotopic (exact) mass is 633 g/mol. The van der Waals surface area contributed by atoms with E-state index in [4.69, 9.17) is 9.72 Å². The smallest absolute Gasteiger partial charge is 0.123 e. The number of halogens is 1. The highest BCUT2D eigenvalue weighted by molar-refractivity contribution is 5.82. The summed E-state index contributed by atoms with van der Waals surface area (Å²) in [4.78, 5) is 5.39. The standard InChI is InChI=1S/C45H44FNO/c1-29(2)44-40(25-21-34-26-41-36-15-9-8-14-32(36)20-24-39(41)38-17-11-10-16-37(34)38)43(33-18-22-35(46)23-19-33)42(45(47-44)30(3)4)28-48-27-31-12-6-5-7-13-31/h5-8,10-14,16-25,29-30,34H,9,15,26-28H2,1-4H3. The number of aromatic nitrogens is 1. The maximum atomic E-state index is 14.3. The maximum Gasteiger partial charge on any atom is 0.123 e. The molecule has 2 aliphatic rings. The fourth-order valence-electron chi connectivity index (χ4n) is 7.57. The number of allylic oxidation sites excluding steroid dienone is 2. The molecule has 242 valence electrons.